The number of halogens is 1. The van der Waals surface area contributed by atoms with Gasteiger partial charge in [0.15, 0.2) is 5.96 Å². The van der Waals surface area contributed by atoms with Crippen LogP contribution in [0.5, 0.6) is 0 Å². The molecule has 0 atom stereocenters. The van der Waals surface area contributed by atoms with Crippen molar-refractivity contribution in [1.29, 1.82) is 0 Å². The van der Waals surface area contributed by atoms with Crippen LogP contribution in [0.3, 0.4) is 0 Å². The van der Waals surface area contributed by atoms with E-state index in [2.05, 4.69) is 39.2 Å². The molecule has 176 valence electrons. The van der Waals surface area contributed by atoms with Crippen LogP contribution >= 0.6 is 24.0 Å². The minimum Gasteiger partial charge on any atom is -0.357 e. The minimum atomic E-state index is 0. The third kappa shape index (κ3) is 8.44. The summed E-state index contributed by atoms with van der Waals surface area (Å²) in [6.45, 7) is 16.6. The lowest BCUT2D eigenvalue weighted by Crippen LogP contribution is -2.46. The van der Waals surface area contributed by atoms with Gasteiger partial charge in [0.25, 0.3) is 0 Å². The molecule has 0 radical (unpaired) electrons. The van der Waals surface area contributed by atoms with Crippen LogP contribution < -0.4 is 10.2 Å². The van der Waals surface area contributed by atoms with Gasteiger partial charge in [-0.15, -0.1) is 24.0 Å². The third-order valence-corrected chi connectivity index (χ3v) is 5.55. The lowest BCUT2D eigenvalue weighted by atomic mass is 10.2. The van der Waals surface area contributed by atoms with E-state index in [4.69, 9.17) is 4.99 Å². The fourth-order valence-corrected chi connectivity index (χ4v) is 3.58. The Morgan fingerprint density at radius 2 is 1.81 bits per heavy atom. The Hall–Kier alpha value is -1.62. The van der Waals surface area contributed by atoms with Crippen LogP contribution in [0, 0.1) is 0 Å². The van der Waals surface area contributed by atoms with Crippen molar-refractivity contribution in [3.8, 4) is 0 Å². The molecule has 1 aliphatic rings. The Morgan fingerprint density at radius 1 is 1.13 bits per heavy atom. The summed E-state index contributed by atoms with van der Waals surface area (Å²) in [6, 6.07) is 4.19. The summed E-state index contributed by atoms with van der Waals surface area (Å²) in [5.74, 6) is 1.88. The van der Waals surface area contributed by atoms with E-state index < -0.39 is 0 Å². The second-order valence-electron chi connectivity index (χ2n) is 7.54. The Kier molecular flexibility index (Phi) is 12.8. The molecule has 0 spiro atoms. The largest absolute Gasteiger partial charge is 0.357 e. The molecule has 1 aromatic heterocycles. The predicted octanol–water partition coefficient (Wildman–Crippen LogP) is 2.11. The van der Waals surface area contributed by atoms with E-state index in [1.54, 1.807) is 0 Å². The molecule has 0 bridgehead atoms. The summed E-state index contributed by atoms with van der Waals surface area (Å²) >= 11 is 0. The second-order valence-corrected chi connectivity index (χ2v) is 7.54. The van der Waals surface area contributed by atoms with Crippen molar-refractivity contribution in [3.05, 3.63) is 23.9 Å². The van der Waals surface area contributed by atoms with Gasteiger partial charge in [-0.25, -0.2) is 9.98 Å². The molecule has 2 rings (SSSR count). The van der Waals surface area contributed by atoms with Gasteiger partial charge in [-0.3, -0.25) is 4.79 Å². The minimum absolute atomic E-state index is 0. The van der Waals surface area contributed by atoms with E-state index in [-0.39, 0.29) is 29.9 Å². The molecule has 0 unspecified atom stereocenters. The summed E-state index contributed by atoms with van der Waals surface area (Å²) in [5.41, 5.74) is 1.06. The normalized spacial score (nSPS) is 14.7. The molecule has 0 saturated carbocycles. The van der Waals surface area contributed by atoms with Crippen molar-refractivity contribution in [2.24, 2.45) is 4.99 Å². The molecule has 1 fully saturated rings. The number of hydrogen-bond acceptors (Lipinski definition) is 5. The first kappa shape index (κ1) is 27.4. The maximum absolute atomic E-state index is 12.4. The first-order valence-corrected chi connectivity index (χ1v) is 11.2. The van der Waals surface area contributed by atoms with Crippen LogP contribution in [-0.2, 0) is 11.3 Å². The zero-order chi connectivity index (χ0) is 21.9. The van der Waals surface area contributed by atoms with Gasteiger partial charge in [0.2, 0.25) is 5.91 Å². The van der Waals surface area contributed by atoms with Gasteiger partial charge in [0.1, 0.15) is 5.82 Å². The SMILES string of the molecule is CCNC(=NCc1ccc(N2CCN(CC)CC2)nc1)N(C)CC(=O)N(CC)CC.I. The van der Waals surface area contributed by atoms with Gasteiger partial charge in [0.05, 0.1) is 13.1 Å². The number of likely N-dealkylation sites (N-methyl/N-ethyl adjacent to an activating group) is 3. The van der Waals surface area contributed by atoms with E-state index >= 15 is 0 Å². The number of aliphatic imine (C=N–C) groups is 1. The lowest BCUT2D eigenvalue weighted by Gasteiger charge is -2.34. The fraction of sp³-hybridized carbons (Fsp3) is 0.682. The Bertz CT molecular complexity index is 671. The molecule has 31 heavy (non-hydrogen) atoms. The molecule has 1 aliphatic heterocycles. The molecule has 1 amide bonds. The fourth-order valence-electron chi connectivity index (χ4n) is 3.58. The molecule has 1 N–H and O–H groups in total. The number of piperazine rings is 1. The molecule has 1 aromatic rings. The number of rotatable bonds is 9. The van der Waals surface area contributed by atoms with E-state index in [0.29, 0.717) is 13.1 Å². The van der Waals surface area contributed by atoms with Gasteiger partial charge < -0.3 is 24.9 Å². The summed E-state index contributed by atoms with van der Waals surface area (Å²) < 4.78 is 0. The van der Waals surface area contributed by atoms with E-state index in [9.17, 15) is 4.79 Å². The van der Waals surface area contributed by atoms with Crippen LogP contribution in [0.25, 0.3) is 0 Å². The van der Waals surface area contributed by atoms with Gasteiger partial charge in [0, 0.05) is 59.1 Å². The maximum Gasteiger partial charge on any atom is 0.242 e. The zero-order valence-electron chi connectivity index (χ0n) is 19.8. The first-order valence-electron chi connectivity index (χ1n) is 11.2. The number of nitrogens with one attached hydrogen (secondary N) is 1. The van der Waals surface area contributed by atoms with Gasteiger partial charge in [-0.05, 0) is 38.9 Å². The monoisotopic (exact) mass is 545 g/mol. The summed E-state index contributed by atoms with van der Waals surface area (Å²) in [5, 5.41) is 3.28. The first-order chi connectivity index (χ1) is 14.5. The molecule has 9 heteroatoms. The smallest absolute Gasteiger partial charge is 0.242 e. The molecular weight excluding hydrogens is 505 g/mol. The highest BCUT2D eigenvalue weighted by Gasteiger charge is 2.17. The molecule has 0 aromatic carbocycles. The summed E-state index contributed by atoms with van der Waals surface area (Å²) in [7, 11) is 1.90. The van der Waals surface area contributed by atoms with Crippen molar-refractivity contribution < 1.29 is 4.79 Å². The Balaban J connectivity index is 0.00000480. The predicted molar refractivity (Wildman–Crippen MR) is 139 cm³/mol. The number of nitrogens with zero attached hydrogens (tertiary/aromatic N) is 6. The highest BCUT2D eigenvalue weighted by Crippen LogP contribution is 2.14. The standard InChI is InChI=1S/C22H39N7O.HI/c1-6-23-22(26(5)18-21(30)28(8-3)9-4)25-17-19-10-11-20(24-16-19)29-14-12-27(7-2)13-15-29;/h10-11,16H,6-9,12-15,17-18H2,1-5H3,(H,23,25);1H. The van der Waals surface area contributed by atoms with Crippen molar-refractivity contribution in [3.63, 3.8) is 0 Å². The molecule has 0 aliphatic carbocycles. The molecular formula is C22H40IN7O. The van der Waals surface area contributed by atoms with Crippen LogP contribution in [0.4, 0.5) is 5.82 Å². The molecule has 8 nitrogen and oxygen atoms in total. The highest BCUT2D eigenvalue weighted by atomic mass is 127. The van der Waals surface area contributed by atoms with Gasteiger partial charge in [-0.1, -0.05) is 13.0 Å². The maximum atomic E-state index is 12.4. The quantitative estimate of drug-likeness (QED) is 0.292. The number of guanidine groups is 1. The third-order valence-electron chi connectivity index (χ3n) is 5.55. The Labute approximate surface area is 205 Å². The number of carbonyl (C=O) groups excluding carboxylic acids is 1. The molecule has 2 heterocycles. The number of anilines is 1. The van der Waals surface area contributed by atoms with Crippen molar-refractivity contribution >= 4 is 41.7 Å². The van der Waals surface area contributed by atoms with Crippen LogP contribution in [0.1, 0.15) is 33.3 Å². The number of amides is 1. The number of hydrogen-bond donors (Lipinski definition) is 1. The van der Waals surface area contributed by atoms with Crippen molar-refractivity contribution in [2.45, 2.75) is 34.2 Å². The number of pyridine rings is 1. The highest BCUT2D eigenvalue weighted by molar-refractivity contribution is 14.0. The van der Waals surface area contributed by atoms with Crippen LogP contribution in [0.2, 0.25) is 0 Å². The van der Waals surface area contributed by atoms with Crippen molar-refractivity contribution in [2.75, 3.05) is 70.9 Å². The van der Waals surface area contributed by atoms with E-state index in [1.807, 2.05) is 43.8 Å². The Morgan fingerprint density at radius 3 is 2.32 bits per heavy atom. The average Bonchev–Trinajstić information content (AvgIpc) is 2.77. The summed E-state index contributed by atoms with van der Waals surface area (Å²) in [4.78, 5) is 30.3. The lowest BCUT2D eigenvalue weighted by molar-refractivity contribution is -0.131. The van der Waals surface area contributed by atoms with Gasteiger partial charge >= 0.3 is 0 Å². The van der Waals surface area contributed by atoms with Gasteiger partial charge in [-0.2, -0.15) is 0 Å². The summed E-state index contributed by atoms with van der Waals surface area (Å²) in [6.07, 6.45) is 1.91. The zero-order valence-corrected chi connectivity index (χ0v) is 22.1. The molecule has 1 saturated heterocycles. The van der Waals surface area contributed by atoms with Crippen LogP contribution in [-0.4, -0.2) is 97.5 Å². The van der Waals surface area contributed by atoms with Crippen molar-refractivity contribution in [1.82, 2.24) is 25.0 Å². The number of aromatic nitrogens is 1. The van der Waals surface area contributed by atoms with E-state index in [0.717, 1.165) is 69.7 Å². The average molecular weight is 546 g/mol. The van der Waals surface area contributed by atoms with E-state index in [1.165, 1.54) is 0 Å². The second kappa shape index (κ2) is 14.4. The number of carbonyl (C=O) groups is 1. The topological polar surface area (TPSA) is 67.3 Å². The van der Waals surface area contributed by atoms with Crippen LogP contribution in [0.15, 0.2) is 23.3 Å².